The Hall–Kier alpha value is -3.48. The summed E-state index contributed by atoms with van der Waals surface area (Å²) in [5.41, 5.74) is -0.424. The number of aliphatic hydroxyl groups is 1. The number of phenols is 1. The van der Waals surface area contributed by atoms with Crippen LogP contribution in [0.2, 0.25) is 0 Å². The molecule has 1 saturated heterocycles. The lowest BCUT2D eigenvalue weighted by atomic mass is 9.48. The number of nitrogens with zero attached hydrogens (tertiary/aromatic N) is 2. The highest BCUT2D eigenvalue weighted by atomic mass is 19.4. The first-order valence-electron chi connectivity index (χ1n) is 13.0. The van der Waals surface area contributed by atoms with Crippen molar-refractivity contribution in [3.05, 3.63) is 71.3 Å². The highest BCUT2D eigenvalue weighted by Crippen LogP contribution is 2.65. The predicted molar refractivity (Wildman–Crippen MR) is 137 cm³/mol. The van der Waals surface area contributed by atoms with Gasteiger partial charge in [-0.1, -0.05) is 18.1 Å². The smallest absolute Gasteiger partial charge is 0.416 e. The van der Waals surface area contributed by atoms with Crippen molar-refractivity contribution in [2.45, 2.75) is 61.1 Å². The average Bonchev–Trinajstić information content (AvgIpc) is 3.23. The zero-order valence-electron chi connectivity index (χ0n) is 21.5. The number of ether oxygens (including phenoxy) is 1. The lowest BCUT2D eigenvalue weighted by Gasteiger charge is -2.64. The van der Waals surface area contributed by atoms with E-state index < -0.39 is 40.8 Å². The monoisotopic (exact) mass is 538 g/mol. The van der Waals surface area contributed by atoms with E-state index in [0.717, 1.165) is 29.8 Å². The fourth-order valence-electron chi connectivity index (χ4n) is 7.43. The summed E-state index contributed by atoms with van der Waals surface area (Å²) in [6.45, 7) is 5.26. The molecular weight excluding hydrogens is 509 g/mol. The molecule has 2 aliphatic carbocycles. The van der Waals surface area contributed by atoms with Crippen LogP contribution in [0.15, 0.2) is 49.1 Å². The molecular formula is C30H29F3N2O4. The Kier molecular flexibility index (Phi) is 5.79. The van der Waals surface area contributed by atoms with E-state index in [1.807, 2.05) is 12.1 Å². The summed E-state index contributed by atoms with van der Waals surface area (Å²) >= 11 is 0. The molecule has 2 N–H and O–H groups in total. The van der Waals surface area contributed by atoms with Crippen molar-refractivity contribution < 1.29 is 32.9 Å². The van der Waals surface area contributed by atoms with Crippen LogP contribution in [0, 0.1) is 11.8 Å². The number of halogens is 3. The number of piperidine rings is 1. The van der Waals surface area contributed by atoms with Gasteiger partial charge in [0.15, 0.2) is 11.5 Å². The second-order valence-corrected chi connectivity index (χ2v) is 11.0. The minimum Gasteiger partial charge on any atom is -0.504 e. The topological polar surface area (TPSA) is 73.2 Å². The van der Waals surface area contributed by atoms with Gasteiger partial charge in [0.1, 0.15) is 6.10 Å². The zero-order valence-corrected chi connectivity index (χ0v) is 21.5. The number of carbonyl (C=O) groups excluding carboxylic acids is 1. The molecule has 0 radical (unpaired) electrons. The summed E-state index contributed by atoms with van der Waals surface area (Å²) < 4.78 is 44.9. The molecule has 2 aromatic carbocycles. The van der Waals surface area contributed by atoms with Crippen LogP contribution in [0.5, 0.6) is 11.5 Å². The van der Waals surface area contributed by atoms with Crippen molar-refractivity contribution in [3.63, 3.8) is 0 Å². The molecule has 2 heterocycles. The van der Waals surface area contributed by atoms with E-state index in [4.69, 9.17) is 4.74 Å². The van der Waals surface area contributed by atoms with Crippen LogP contribution in [0.1, 0.15) is 41.5 Å². The zero-order chi connectivity index (χ0) is 27.7. The fraction of sp³-hybridized carbons (Fsp3) is 0.433. The van der Waals surface area contributed by atoms with Crippen LogP contribution in [0.3, 0.4) is 0 Å². The molecule has 204 valence electrons. The number of alkyl halides is 3. The first-order chi connectivity index (χ1) is 18.5. The van der Waals surface area contributed by atoms with E-state index in [1.54, 1.807) is 13.1 Å². The molecule has 1 spiro atoms. The van der Waals surface area contributed by atoms with Crippen molar-refractivity contribution in [2.75, 3.05) is 20.1 Å². The predicted octanol–water partition coefficient (Wildman–Crippen LogP) is 3.63. The minimum absolute atomic E-state index is 0.0511. The van der Waals surface area contributed by atoms with Crippen LogP contribution in [-0.4, -0.2) is 69.8 Å². The molecule has 0 unspecified atom stereocenters. The molecule has 1 saturated carbocycles. The second kappa shape index (κ2) is 8.77. The van der Waals surface area contributed by atoms with Crippen molar-refractivity contribution in [2.24, 2.45) is 0 Å². The Morgan fingerprint density at radius 3 is 2.72 bits per heavy atom. The van der Waals surface area contributed by atoms with Gasteiger partial charge in [-0.25, -0.2) is 0 Å². The van der Waals surface area contributed by atoms with Crippen LogP contribution in [0.4, 0.5) is 13.2 Å². The summed E-state index contributed by atoms with van der Waals surface area (Å²) in [5, 5.41) is 23.3. The summed E-state index contributed by atoms with van der Waals surface area (Å²) in [4.78, 5) is 16.8. The van der Waals surface area contributed by atoms with Gasteiger partial charge < -0.3 is 19.8 Å². The number of carbonyl (C=O) groups is 1. The molecule has 6 nitrogen and oxygen atoms in total. The van der Waals surface area contributed by atoms with Crippen LogP contribution in [-0.2, 0) is 22.8 Å². The highest BCUT2D eigenvalue weighted by molar-refractivity contribution is 5.94. The van der Waals surface area contributed by atoms with Gasteiger partial charge in [0, 0.05) is 49.1 Å². The van der Waals surface area contributed by atoms with Crippen molar-refractivity contribution in [3.8, 4) is 23.3 Å². The maximum absolute atomic E-state index is 13.1. The van der Waals surface area contributed by atoms with Gasteiger partial charge in [-0.05, 0) is 61.7 Å². The maximum Gasteiger partial charge on any atom is 0.416 e. The Labute approximate surface area is 224 Å². The Balaban J connectivity index is 1.31. The first-order valence-corrected chi connectivity index (χ1v) is 13.0. The maximum atomic E-state index is 13.1. The number of hydrogen-bond acceptors (Lipinski definition) is 5. The van der Waals surface area contributed by atoms with E-state index in [-0.39, 0.29) is 11.8 Å². The lowest BCUT2D eigenvalue weighted by molar-refractivity contribution is -0.196. The third kappa shape index (κ3) is 3.69. The quantitative estimate of drug-likeness (QED) is 0.462. The normalized spacial score (nSPS) is 30.4. The number of likely N-dealkylation sites (tertiary alicyclic amines) is 1. The minimum atomic E-state index is -4.45. The van der Waals surface area contributed by atoms with Gasteiger partial charge in [0.2, 0.25) is 0 Å². The number of aromatic hydroxyl groups is 1. The third-order valence-electron chi connectivity index (χ3n) is 9.24. The molecule has 39 heavy (non-hydrogen) atoms. The van der Waals surface area contributed by atoms with E-state index in [2.05, 4.69) is 23.3 Å². The molecule has 1 amide bonds. The summed E-state index contributed by atoms with van der Waals surface area (Å²) in [6, 6.07) is 7.29. The van der Waals surface area contributed by atoms with E-state index >= 15 is 0 Å². The van der Waals surface area contributed by atoms with Gasteiger partial charge >= 0.3 is 6.18 Å². The van der Waals surface area contributed by atoms with Gasteiger partial charge in [-0.15, -0.1) is 6.58 Å². The molecule has 6 rings (SSSR count). The number of benzene rings is 2. The summed E-state index contributed by atoms with van der Waals surface area (Å²) in [7, 11) is 1.63. The second-order valence-electron chi connectivity index (χ2n) is 11.0. The molecule has 2 bridgehead atoms. The molecule has 4 aliphatic rings. The third-order valence-corrected chi connectivity index (χ3v) is 9.24. The van der Waals surface area contributed by atoms with Gasteiger partial charge in [-0.2, -0.15) is 13.2 Å². The molecule has 0 aromatic heterocycles. The first kappa shape index (κ1) is 25.8. The Morgan fingerprint density at radius 2 is 2.03 bits per heavy atom. The molecule has 2 fully saturated rings. The number of phenolic OH excluding ortho intramolecular Hbond substituents is 1. The van der Waals surface area contributed by atoms with Gasteiger partial charge in [-0.3, -0.25) is 9.69 Å². The average molecular weight is 539 g/mol. The number of amides is 1. The van der Waals surface area contributed by atoms with E-state index in [9.17, 15) is 28.2 Å². The number of hydrogen-bond donors (Lipinski definition) is 2. The highest BCUT2D eigenvalue weighted by Gasteiger charge is 2.72. The molecule has 2 aliphatic heterocycles. The SMILES string of the molecule is C=CCN1CC[C@]23c4c5ccc(O)c4O[C@H]2C[C@H](N(C)C(=O)C#Cc2ccc(C(F)(F)F)cc2)C[C@@]3(O)[C@H]1C5. The molecule has 9 heteroatoms. The summed E-state index contributed by atoms with van der Waals surface area (Å²) in [6.07, 6.45) is -1.05. The van der Waals surface area contributed by atoms with Crippen molar-refractivity contribution in [1.82, 2.24) is 9.80 Å². The van der Waals surface area contributed by atoms with Crippen molar-refractivity contribution >= 4 is 5.91 Å². The van der Waals surface area contributed by atoms with Crippen LogP contribution in [0.25, 0.3) is 0 Å². The Morgan fingerprint density at radius 1 is 1.28 bits per heavy atom. The van der Waals surface area contributed by atoms with Crippen molar-refractivity contribution in [1.29, 1.82) is 0 Å². The summed E-state index contributed by atoms with van der Waals surface area (Å²) in [5.74, 6) is 5.19. The fourth-order valence-corrected chi connectivity index (χ4v) is 7.43. The largest absolute Gasteiger partial charge is 0.504 e. The molecule has 5 atom stereocenters. The van der Waals surface area contributed by atoms with Crippen LogP contribution >= 0.6 is 0 Å². The lowest BCUT2D eigenvalue weighted by Crippen LogP contribution is -2.77. The Bertz CT molecular complexity index is 1410. The van der Waals surface area contributed by atoms with Crippen LogP contribution < -0.4 is 4.74 Å². The standard InChI is InChI=1S/C30H29F3N2O4/c1-3-13-35-14-12-28-24-16-21(34(2)25(37)11-6-18-4-8-20(9-5-18)30(31,32)33)17-29(28,38)23(35)15-19-7-10-22(36)27(39-24)26(19)28/h3-5,7-10,21,23-24,36,38H,1,12-17H2,2H3/t21-,23+,24-,28+,29+/m0/s1. The number of rotatable bonds is 3. The van der Waals surface area contributed by atoms with Gasteiger partial charge in [0.25, 0.3) is 5.91 Å². The van der Waals surface area contributed by atoms with E-state index in [0.29, 0.717) is 43.5 Å². The van der Waals surface area contributed by atoms with E-state index in [1.165, 1.54) is 17.0 Å². The molecule has 2 aromatic rings. The van der Waals surface area contributed by atoms with Gasteiger partial charge in [0.05, 0.1) is 16.6 Å².